The van der Waals surface area contributed by atoms with Crippen LogP contribution >= 0.6 is 22.9 Å². The number of hydrogen-bond donors (Lipinski definition) is 0. The summed E-state index contributed by atoms with van der Waals surface area (Å²) in [5, 5.41) is 11.5. The van der Waals surface area contributed by atoms with Gasteiger partial charge in [-0.3, -0.25) is 4.79 Å². The van der Waals surface area contributed by atoms with Crippen LogP contribution in [0.5, 0.6) is 5.75 Å². The van der Waals surface area contributed by atoms with E-state index in [2.05, 4.69) is 15.2 Å². The molecule has 0 aliphatic heterocycles. The van der Waals surface area contributed by atoms with Gasteiger partial charge in [0, 0.05) is 22.0 Å². The summed E-state index contributed by atoms with van der Waals surface area (Å²) in [7, 11) is 0. The van der Waals surface area contributed by atoms with E-state index in [1.165, 1.54) is 23.5 Å². The Morgan fingerprint density at radius 2 is 1.91 bits per heavy atom. The maximum absolute atomic E-state index is 13.1. The van der Waals surface area contributed by atoms with Crippen molar-refractivity contribution in [2.45, 2.75) is 38.5 Å². The van der Waals surface area contributed by atoms with E-state index in [9.17, 15) is 9.18 Å². The van der Waals surface area contributed by atoms with Crippen molar-refractivity contribution in [2.75, 3.05) is 0 Å². The molecule has 0 bridgehead atoms. The number of thiazole rings is 1. The fourth-order valence-corrected chi connectivity index (χ4v) is 4.24. The van der Waals surface area contributed by atoms with Gasteiger partial charge in [-0.25, -0.2) is 9.37 Å². The number of benzene rings is 2. The number of hydrogen-bond acceptors (Lipinski definition) is 7. The molecule has 2 heterocycles. The number of amides is 1. The Hall–Kier alpha value is -3.30. The van der Waals surface area contributed by atoms with Crippen molar-refractivity contribution in [3.05, 3.63) is 81.3 Å². The van der Waals surface area contributed by atoms with Gasteiger partial charge in [-0.15, -0.1) is 21.5 Å². The van der Waals surface area contributed by atoms with Crippen LogP contribution in [0.25, 0.3) is 11.5 Å². The number of halogens is 2. The first-order valence-electron chi connectivity index (χ1n) is 10.7. The van der Waals surface area contributed by atoms with Crippen molar-refractivity contribution >= 4 is 28.8 Å². The maximum atomic E-state index is 13.1. The number of carbonyl (C=O) groups excluding carboxylic acids is 1. The van der Waals surface area contributed by atoms with Gasteiger partial charge in [-0.05, 0) is 61.4 Å². The van der Waals surface area contributed by atoms with Gasteiger partial charge < -0.3 is 14.1 Å². The number of carbonyl (C=O) groups is 1. The summed E-state index contributed by atoms with van der Waals surface area (Å²) in [5.41, 5.74) is 1.45. The largest absolute Gasteiger partial charge is 0.486 e. The van der Waals surface area contributed by atoms with Crippen LogP contribution in [0.1, 0.15) is 29.4 Å². The highest BCUT2D eigenvalue weighted by molar-refractivity contribution is 7.09. The Balaban J connectivity index is 1.19. The van der Waals surface area contributed by atoms with E-state index < -0.39 is 0 Å². The molecular formula is C24H20ClFN4O3S. The zero-order valence-corrected chi connectivity index (χ0v) is 19.6. The fourth-order valence-electron chi connectivity index (χ4n) is 3.41. The molecule has 1 amide bonds. The first-order chi connectivity index (χ1) is 16.5. The highest BCUT2D eigenvalue weighted by Gasteiger charge is 2.34. The monoisotopic (exact) mass is 498 g/mol. The highest BCUT2D eigenvalue weighted by atomic mass is 35.5. The molecule has 1 saturated carbocycles. The van der Waals surface area contributed by atoms with E-state index in [0.29, 0.717) is 28.2 Å². The molecular weight excluding hydrogens is 479 g/mol. The van der Waals surface area contributed by atoms with E-state index in [1.807, 2.05) is 17.5 Å². The lowest BCUT2D eigenvalue weighted by atomic mass is 10.2. The second-order valence-corrected chi connectivity index (χ2v) is 9.29. The van der Waals surface area contributed by atoms with Crippen LogP contribution in [0, 0.1) is 5.82 Å². The van der Waals surface area contributed by atoms with Gasteiger partial charge in [-0.2, -0.15) is 0 Å². The van der Waals surface area contributed by atoms with Crippen molar-refractivity contribution in [3.8, 4) is 17.2 Å². The number of aromatic nitrogens is 3. The molecule has 0 spiro atoms. The van der Waals surface area contributed by atoms with Crippen molar-refractivity contribution in [2.24, 2.45) is 0 Å². The minimum absolute atomic E-state index is 0.0370. The molecule has 1 aliphatic rings. The Bertz CT molecular complexity index is 1270. The van der Waals surface area contributed by atoms with Gasteiger partial charge in [0.2, 0.25) is 17.7 Å². The average Bonchev–Trinajstić information content (AvgIpc) is 3.40. The molecule has 1 aliphatic carbocycles. The predicted molar refractivity (Wildman–Crippen MR) is 125 cm³/mol. The summed E-state index contributed by atoms with van der Waals surface area (Å²) in [4.78, 5) is 19.4. The Labute approximate surface area is 204 Å². The van der Waals surface area contributed by atoms with Crippen LogP contribution < -0.4 is 4.74 Å². The summed E-state index contributed by atoms with van der Waals surface area (Å²) in [5.74, 6) is 0.984. The fraction of sp³-hybridized carbons (Fsp3) is 0.250. The van der Waals surface area contributed by atoms with Crippen LogP contribution in [-0.4, -0.2) is 32.0 Å². The lowest BCUT2D eigenvalue weighted by Gasteiger charge is -2.20. The summed E-state index contributed by atoms with van der Waals surface area (Å²) < 4.78 is 24.4. The number of rotatable bonds is 9. The molecule has 34 heavy (non-hydrogen) atoms. The van der Waals surface area contributed by atoms with Gasteiger partial charge in [0.25, 0.3) is 0 Å². The van der Waals surface area contributed by atoms with E-state index in [-0.39, 0.29) is 37.3 Å². The van der Waals surface area contributed by atoms with Gasteiger partial charge in [-0.1, -0.05) is 11.6 Å². The molecule has 1 fully saturated rings. The van der Waals surface area contributed by atoms with E-state index in [4.69, 9.17) is 20.8 Å². The smallest absolute Gasteiger partial charge is 0.247 e. The first kappa shape index (κ1) is 22.5. The SMILES string of the molecule is O=C(Cc1csc(COc2ccc(F)cc2)n1)N(Cc1nnc(-c2ccc(Cl)cc2)o1)C1CC1. The molecule has 0 saturated heterocycles. The van der Waals surface area contributed by atoms with Gasteiger partial charge in [0.1, 0.15) is 23.2 Å². The van der Waals surface area contributed by atoms with Crippen molar-refractivity contribution < 1.29 is 18.3 Å². The topological polar surface area (TPSA) is 81.4 Å². The van der Waals surface area contributed by atoms with Crippen LogP contribution in [0.2, 0.25) is 5.02 Å². The Morgan fingerprint density at radius 1 is 1.15 bits per heavy atom. The van der Waals surface area contributed by atoms with Crippen molar-refractivity contribution in [1.82, 2.24) is 20.1 Å². The van der Waals surface area contributed by atoms with Crippen molar-refractivity contribution in [1.29, 1.82) is 0 Å². The first-order valence-corrected chi connectivity index (χ1v) is 12.0. The second-order valence-electron chi connectivity index (χ2n) is 7.91. The normalized spacial score (nSPS) is 13.1. The van der Waals surface area contributed by atoms with Crippen LogP contribution in [-0.2, 0) is 24.4 Å². The zero-order chi connectivity index (χ0) is 23.5. The van der Waals surface area contributed by atoms with Crippen LogP contribution in [0.4, 0.5) is 4.39 Å². The van der Waals surface area contributed by atoms with Crippen molar-refractivity contribution in [3.63, 3.8) is 0 Å². The lowest BCUT2D eigenvalue weighted by molar-refractivity contribution is -0.132. The summed E-state index contributed by atoms with van der Waals surface area (Å²) in [6.07, 6.45) is 2.09. The van der Waals surface area contributed by atoms with Crippen LogP contribution in [0.3, 0.4) is 0 Å². The zero-order valence-electron chi connectivity index (χ0n) is 18.0. The van der Waals surface area contributed by atoms with Crippen LogP contribution in [0.15, 0.2) is 58.3 Å². The average molecular weight is 499 g/mol. The Kier molecular flexibility index (Phi) is 6.55. The molecule has 2 aromatic carbocycles. The second kappa shape index (κ2) is 9.90. The summed E-state index contributed by atoms with van der Waals surface area (Å²) >= 11 is 7.36. The highest BCUT2D eigenvalue weighted by Crippen LogP contribution is 2.30. The van der Waals surface area contributed by atoms with E-state index in [1.54, 1.807) is 29.2 Å². The predicted octanol–water partition coefficient (Wildman–Crippen LogP) is 5.30. The Morgan fingerprint density at radius 3 is 2.65 bits per heavy atom. The van der Waals surface area contributed by atoms with E-state index >= 15 is 0 Å². The summed E-state index contributed by atoms with van der Waals surface area (Å²) in [6, 6.07) is 13.1. The quantitative estimate of drug-likeness (QED) is 0.311. The third kappa shape index (κ3) is 5.60. The van der Waals surface area contributed by atoms with E-state index in [0.717, 1.165) is 23.4 Å². The molecule has 5 rings (SSSR count). The standard InChI is InChI=1S/C24H20ClFN4O3S/c25-16-3-1-15(2-4-16)24-29-28-21(33-24)12-30(19-7-8-19)23(31)11-18-14-34-22(27-18)13-32-20-9-5-17(26)6-10-20/h1-6,9-10,14,19H,7-8,11-13H2. The minimum atomic E-state index is -0.315. The minimum Gasteiger partial charge on any atom is -0.486 e. The maximum Gasteiger partial charge on any atom is 0.247 e. The van der Waals surface area contributed by atoms with Gasteiger partial charge in [0.15, 0.2) is 0 Å². The molecule has 10 heteroatoms. The number of nitrogens with zero attached hydrogens (tertiary/aromatic N) is 4. The third-order valence-electron chi connectivity index (χ3n) is 5.28. The molecule has 2 aromatic heterocycles. The molecule has 4 aromatic rings. The van der Waals surface area contributed by atoms with Gasteiger partial charge >= 0.3 is 0 Å². The summed E-state index contributed by atoms with van der Waals surface area (Å²) in [6.45, 7) is 0.515. The molecule has 174 valence electrons. The van der Waals surface area contributed by atoms with Gasteiger partial charge in [0.05, 0.1) is 18.7 Å². The molecule has 0 radical (unpaired) electrons. The molecule has 0 atom stereocenters. The molecule has 0 N–H and O–H groups in total. The molecule has 0 unspecified atom stereocenters. The lowest BCUT2D eigenvalue weighted by Crippen LogP contribution is -2.34. The third-order valence-corrected chi connectivity index (χ3v) is 6.40. The number of ether oxygens (including phenoxy) is 1. The molecule has 7 nitrogen and oxygen atoms in total.